The number of aromatic amines is 2. The van der Waals surface area contributed by atoms with Crippen molar-refractivity contribution in [3.8, 4) is 46.3 Å². The molecule has 0 atom stereocenters. The molecule has 0 spiro atoms. The molecular formula is C56H65BrF2N10O10. The van der Waals surface area contributed by atoms with Gasteiger partial charge in [0, 0.05) is 123 Å². The number of carbonyl (C=O) groups is 2. The molecule has 2 fully saturated rings. The maximum atomic E-state index is 15.1. The number of rotatable bonds is 19. The van der Waals surface area contributed by atoms with E-state index in [-0.39, 0.29) is 35.1 Å². The van der Waals surface area contributed by atoms with Gasteiger partial charge < -0.3 is 63.0 Å². The molecule has 4 aromatic heterocycles. The van der Waals surface area contributed by atoms with Crippen molar-refractivity contribution >= 4 is 71.4 Å². The molecule has 0 unspecified atom stereocenters. The van der Waals surface area contributed by atoms with Crippen LogP contribution < -0.4 is 33.7 Å². The van der Waals surface area contributed by atoms with E-state index in [9.17, 15) is 14.0 Å². The van der Waals surface area contributed by atoms with Crippen LogP contribution in [0.5, 0.6) is 46.3 Å². The molecule has 2 saturated heterocycles. The number of ether oxygens (including phenoxy) is 8. The minimum absolute atomic E-state index is 0.0682. The minimum Gasteiger partial charge on any atom is -0.493 e. The van der Waals surface area contributed by atoms with E-state index in [4.69, 9.17) is 37.9 Å². The van der Waals surface area contributed by atoms with Gasteiger partial charge in [-0.05, 0) is 62.4 Å². The number of amides is 2. The SMILES string of the molecule is CC(=O)N1CCNCC1.COc1cc2c(Oc3ccc4[nH]c(C)cc4c3F)ncnc2cc1OCCOCCBr.COc1cc2c(Oc3ccc4[nH]c(C)cc4c3F)ncnc2cc1OCCOCCN1CCN(C(C)=O)CC1. The third-order valence-electron chi connectivity index (χ3n) is 13.0. The number of nitrogens with zero attached hydrogens (tertiary/aromatic N) is 7. The van der Waals surface area contributed by atoms with Crippen LogP contribution in [0.2, 0.25) is 0 Å². The van der Waals surface area contributed by atoms with Crippen molar-refractivity contribution in [2.75, 3.05) is 118 Å². The highest BCUT2D eigenvalue weighted by Gasteiger charge is 2.21. The fourth-order valence-corrected chi connectivity index (χ4v) is 9.10. The van der Waals surface area contributed by atoms with Gasteiger partial charge in [0.1, 0.15) is 25.9 Å². The predicted molar refractivity (Wildman–Crippen MR) is 299 cm³/mol. The largest absolute Gasteiger partial charge is 0.493 e. The summed E-state index contributed by atoms with van der Waals surface area (Å²) in [7, 11) is 3.09. The van der Waals surface area contributed by atoms with Crippen LogP contribution >= 0.6 is 15.9 Å². The Balaban J connectivity index is 0.000000183. The lowest BCUT2D eigenvalue weighted by Gasteiger charge is -2.34. The summed E-state index contributed by atoms with van der Waals surface area (Å²) in [4.78, 5) is 51.4. The van der Waals surface area contributed by atoms with Crippen LogP contribution in [0.15, 0.2) is 73.3 Å². The number of methoxy groups -OCH3 is 2. The molecule has 2 amide bonds. The molecule has 79 heavy (non-hydrogen) atoms. The Kier molecular flexibility index (Phi) is 20.4. The first kappa shape index (κ1) is 57.7. The molecule has 3 N–H and O–H groups in total. The first-order valence-corrected chi connectivity index (χ1v) is 26.9. The van der Waals surface area contributed by atoms with Crippen molar-refractivity contribution < 1.29 is 56.3 Å². The number of aryl methyl sites for hydroxylation is 2. The summed E-state index contributed by atoms with van der Waals surface area (Å²) in [6.07, 6.45) is 2.73. The third-order valence-corrected chi connectivity index (χ3v) is 13.3. The Labute approximate surface area is 464 Å². The van der Waals surface area contributed by atoms with Crippen LogP contribution in [0.4, 0.5) is 8.78 Å². The van der Waals surface area contributed by atoms with Gasteiger partial charge in [-0.2, -0.15) is 0 Å². The molecule has 23 heteroatoms. The fourth-order valence-electron chi connectivity index (χ4n) is 8.87. The first-order valence-electron chi connectivity index (χ1n) is 25.8. The highest BCUT2D eigenvalue weighted by molar-refractivity contribution is 9.09. The molecule has 4 aromatic carbocycles. The summed E-state index contributed by atoms with van der Waals surface area (Å²) in [6, 6.07) is 17.1. The van der Waals surface area contributed by atoms with Gasteiger partial charge in [0.25, 0.3) is 0 Å². The number of nitrogens with one attached hydrogen (secondary N) is 3. The number of carbonyl (C=O) groups excluding carboxylic acids is 2. The number of H-pyrrole nitrogens is 2. The number of alkyl halides is 1. The van der Waals surface area contributed by atoms with Crippen molar-refractivity contribution in [3.05, 3.63) is 96.3 Å². The number of benzene rings is 4. The Morgan fingerprint density at radius 1 is 0.557 bits per heavy atom. The highest BCUT2D eigenvalue weighted by Crippen LogP contribution is 2.39. The Bertz CT molecular complexity index is 3350. The second kappa shape index (κ2) is 27.9. The Hall–Kier alpha value is -7.44. The maximum Gasteiger partial charge on any atom is 0.230 e. The fraction of sp³-hybridized carbons (Fsp3) is 0.393. The van der Waals surface area contributed by atoms with Crippen molar-refractivity contribution in [2.24, 2.45) is 0 Å². The minimum atomic E-state index is -0.464. The molecule has 2 aliphatic rings. The van der Waals surface area contributed by atoms with Gasteiger partial charge in [-0.1, -0.05) is 15.9 Å². The summed E-state index contributed by atoms with van der Waals surface area (Å²) in [5.74, 6) is 1.98. The molecule has 420 valence electrons. The van der Waals surface area contributed by atoms with Gasteiger partial charge >= 0.3 is 0 Å². The summed E-state index contributed by atoms with van der Waals surface area (Å²) in [5, 5.41) is 6.00. The number of piperazine rings is 2. The summed E-state index contributed by atoms with van der Waals surface area (Å²) >= 11 is 3.31. The first-order chi connectivity index (χ1) is 38.3. The molecule has 8 aromatic rings. The summed E-state index contributed by atoms with van der Waals surface area (Å²) in [6.45, 7) is 17.4. The van der Waals surface area contributed by atoms with Gasteiger partial charge in [0.2, 0.25) is 23.6 Å². The second-order valence-electron chi connectivity index (χ2n) is 18.4. The highest BCUT2D eigenvalue weighted by atomic mass is 79.9. The van der Waals surface area contributed by atoms with E-state index in [1.807, 2.05) is 23.6 Å². The molecule has 0 aliphatic carbocycles. The Morgan fingerprint density at radius 3 is 1.47 bits per heavy atom. The molecule has 10 rings (SSSR count). The van der Waals surface area contributed by atoms with E-state index in [0.29, 0.717) is 106 Å². The van der Waals surface area contributed by atoms with Crippen LogP contribution in [0.1, 0.15) is 25.2 Å². The van der Waals surface area contributed by atoms with Gasteiger partial charge in [-0.15, -0.1) is 0 Å². The molecule has 0 saturated carbocycles. The number of halogens is 3. The number of aromatic nitrogens is 6. The van der Waals surface area contributed by atoms with Gasteiger partial charge in [-0.3, -0.25) is 14.5 Å². The number of fused-ring (bicyclic) bond motifs is 4. The van der Waals surface area contributed by atoms with Crippen molar-refractivity contribution in [1.82, 2.24) is 49.9 Å². The van der Waals surface area contributed by atoms with Crippen LogP contribution in [0, 0.1) is 25.5 Å². The van der Waals surface area contributed by atoms with Gasteiger partial charge in [0.15, 0.2) is 46.1 Å². The topological polar surface area (TPSA) is 213 Å². The molecule has 20 nitrogen and oxygen atoms in total. The molecule has 0 radical (unpaired) electrons. The predicted octanol–water partition coefficient (Wildman–Crippen LogP) is 8.51. The van der Waals surface area contributed by atoms with E-state index < -0.39 is 11.6 Å². The molecule has 2 aliphatic heterocycles. The zero-order chi connectivity index (χ0) is 55.8. The Morgan fingerprint density at radius 2 is 1.03 bits per heavy atom. The van der Waals surface area contributed by atoms with Crippen molar-refractivity contribution in [1.29, 1.82) is 0 Å². The van der Waals surface area contributed by atoms with Crippen LogP contribution in [-0.2, 0) is 19.1 Å². The second-order valence-corrected chi connectivity index (χ2v) is 19.2. The summed E-state index contributed by atoms with van der Waals surface area (Å²) in [5.41, 5.74) is 4.29. The lowest BCUT2D eigenvalue weighted by Crippen LogP contribution is -2.48. The van der Waals surface area contributed by atoms with E-state index in [1.54, 1.807) is 88.7 Å². The quantitative estimate of drug-likeness (QED) is 0.0511. The van der Waals surface area contributed by atoms with E-state index in [0.717, 1.165) is 75.6 Å². The van der Waals surface area contributed by atoms with Crippen molar-refractivity contribution in [3.63, 3.8) is 0 Å². The van der Waals surface area contributed by atoms with Crippen LogP contribution in [-0.4, -0.2) is 175 Å². The van der Waals surface area contributed by atoms with Gasteiger partial charge in [0.05, 0.1) is 62.5 Å². The van der Waals surface area contributed by atoms with Gasteiger partial charge in [-0.25, -0.2) is 28.7 Å². The normalized spacial score (nSPS) is 13.7. The zero-order valence-electron chi connectivity index (χ0n) is 45.1. The number of hydrogen-bond donors (Lipinski definition) is 3. The lowest BCUT2D eigenvalue weighted by molar-refractivity contribution is -0.131. The van der Waals surface area contributed by atoms with E-state index >= 15 is 4.39 Å². The standard InChI is InChI=1S/C28H32FN5O5.C22H21BrFN3O4.C6H12N2O/c1-18-14-20-22(32-18)4-5-24(27(20)29)39-28-21-15-25(36-3)26(16-23(21)30-17-31-28)38-13-12-37-11-10-33-6-8-34(9-7-33)19(2)35;1-13-9-14-16(27-13)3-4-18(21(14)24)31-22-15-10-19(28-2)20(11-17(15)25-12-26-22)30-8-7-29-6-5-23;1-6(9)8-4-2-7-3-5-8/h4-5,14-17,32H,6-13H2,1-3H3;3-4,9-12,27H,5-8H2,1-2H3;7H,2-5H2,1H3. The average molecular weight is 1160 g/mol. The van der Waals surface area contributed by atoms with Crippen LogP contribution in [0.3, 0.4) is 0 Å². The van der Waals surface area contributed by atoms with Crippen LogP contribution in [0.25, 0.3) is 43.6 Å². The molecule has 6 heterocycles. The van der Waals surface area contributed by atoms with Crippen molar-refractivity contribution in [2.45, 2.75) is 27.7 Å². The monoisotopic (exact) mass is 1150 g/mol. The van der Waals surface area contributed by atoms with E-state index in [2.05, 4.69) is 56.1 Å². The smallest absolute Gasteiger partial charge is 0.230 e. The average Bonchev–Trinajstić information content (AvgIpc) is 4.07. The lowest BCUT2D eigenvalue weighted by atomic mass is 10.2. The molecule has 0 bridgehead atoms. The maximum absolute atomic E-state index is 15.1. The zero-order valence-corrected chi connectivity index (χ0v) is 46.7. The van der Waals surface area contributed by atoms with E-state index in [1.165, 1.54) is 12.7 Å². The summed E-state index contributed by atoms with van der Waals surface area (Å²) < 4.78 is 75.6. The number of hydrogen-bond acceptors (Lipinski definition) is 16. The third kappa shape index (κ3) is 15.0. The molecular weight excluding hydrogens is 1090 g/mol.